The van der Waals surface area contributed by atoms with Gasteiger partial charge in [-0.2, -0.15) is 0 Å². The molecule has 0 bridgehead atoms. The lowest BCUT2D eigenvalue weighted by molar-refractivity contribution is 0.0693. The van der Waals surface area contributed by atoms with E-state index in [1.54, 1.807) is 24.3 Å². The summed E-state index contributed by atoms with van der Waals surface area (Å²) >= 11 is 0. The predicted octanol–water partition coefficient (Wildman–Crippen LogP) is 22.3. The smallest absolute Gasteiger partial charge is 0.339 e. The van der Waals surface area contributed by atoms with Gasteiger partial charge in [-0.1, -0.05) is 149 Å². The van der Waals surface area contributed by atoms with Crippen molar-refractivity contribution in [2.45, 2.75) is 168 Å². The molecule has 0 aromatic heterocycles. The number of ketones is 1. The number of aromatic carboxylic acids is 1. The molecular formula is C81H88O5. The van der Waals surface area contributed by atoms with Crippen LogP contribution in [0.3, 0.4) is 0 Å². The Kier molecular flexibility index (Phi) is 18.9. The number of rotatable bonds is 20. The fourth-order valence-electron chi connectivity index (χ4n) is 13.4. The molecule has 9 aromatic carbocycles. The number of carbonyl (C=O) groups is 2. The molecule has 0 saturated carbocycles. The molecule has 0 amide bonds. The number of phenolic OH excluding ortho intramolecular Hbond substituents is 1. The molecule has 86 heavy (non-hydrogen) atoms. The first-order valence-electron chi connectivity index (χ1n) is 31.3. The van der Waals surface area contributed by atoms with Gasteiger partial charge in [0.15, 0.2) is 5.78 Å². The zero-order valence-electron chi connectivity index (χ0n) is 53.8. The Bertz CT molecular complexity index is 3860. The summed E-state index contributed by atoms with van der Waals surface area (Å²) in [4.78, 5) is 23.7. The largest absolute Gasteiger partial charge is 0.507 e. The Morgan fingerprint density at radius 3 is 0.791 bits per heavy atom. The van der Waals surface area contributed by atoms with E-state index < -0.39 is 5.97 Å². The van der Waals surface area contributed by atoms with E-state index in [0.29, 0.717) is 5.56 Å². The standard InChI is InChI=1S/C81H88O5/c1-16-18-20-22-24-59-43-78(76-41-55(12)74(39-57(76)14)72-37-51(8)70(35-53(72)10)68-33-47(4)66(31-49(68)6)62-27-29-64(81(85)86)80(84)45-62)60(25-23-21-19-17-2)42-77(59)75-40-54(11)73(38-56(75)13)71-36-50(7)69(34-52(71)9)67-32-46(3)65(30-48(67)5)61-26-28-63(58(15)82)79(83)44-61/h26-45,83-84H,16-25H2,1-15H3,(H,85,86). The van der Waals surface area contributed by atoms with E-state index >= 15 is 0 Å². The molecule has 3 N–H and O–H groups in total. The lowest BCUT2D eigenvalue weighted by Crippen LogP contribution is -2.02. The van der Waals surface area contributed by atoms with Crippen LogP contribution in [0.2, 0.25) is 0 Å². The van der Waals surface area contributed by atoms with E-state index in [9.17, 15) is 24.9 Å². The van der Waals surface area contributed by atoms with Crippen LogP contribution in [0.25, 0.3) is 89.0 Å². The summed E-state index contributed by atoms with van der Waals surface area (Å²) in [6.45, 7) is 32.7. The van der Waals surface area contributed by atoms with Crippen molar-refractivity contribution in [3.05, 3.63) is 210 Å². The minimum atomic E-state index is -1.15. The normalized spacial score (nSPS) is 11.4. The number of phenols is 2. The van der Waals surface area contributed by atoms with Gasteiger partial charge < -0.3 is 15.3 Å². The number of aryl methyl sites for hydroxylation is 14. The molecule has 0 atom stereocenters. The van der Waals surface area contributed by atoms with Crippen LogP contribution in [-0.4, -0.2) is 27.1 Å². The van der Waals surface area contributed by atoms with Gasteiger partial charge in [0.25, 0.3) is 0 Å². The monoisotopic (exact) mass is 1140 g/mol. The third-order valence-electron chi connectivity index (χ3n) is 18.3. The molecule has 0 saturated heterocycles. The first-order valence-corrected chi connectivity index (χ1v) is 31.3. The van der Waals surface area contributed by atoms with Crippen molar-refractivity contribution in [1.82, 2.24) is 0 Å². The molecule has 0 unspecified atom stereocenters. The van der Waals surface area contributed by atoms with Crippen molar-refractivity contribution >= 4 is 11.8 Å². The van der Waals surface area contributed by atoms with Crippen molar-refractivity contribution in [2.24, 2.45) is 0 Å². The number of unbranched alkanes of at least 4 members (excludes halogenated alkanes) is 6. The summed E-state index contributed by atoms with van der Waals surface area (Å²) in [5.74, 6) is -1.52. The Hall–Kier alpha value is -8.28. The summed E-state index contributed by atoms with van der Waals surface area (Å²) in [6.07, 6.45) is 11.6. The van der Waals surface area contributed by atoms with Crippen molar-refractivity contribution < 1.29 is 24.9 Å². The van der Waals surface area contributed by atoms with E-state index in [2.05, 4.69) is 182 Å². The number of hydrogen-bond acceptors (Lipinski definition) is 4. The van der Waals surface area contributed by atoms with Gasteiger partial charge in [-0.15, -0.1) is 0 Å². The minimum Gasteiger partial charge on any atom is -0.507 e. The van der Waals surface area contributed by atoms with Gasteiger partial charge in [-0.25, -0.2) is 4.79 Å². The van der Waals surface area contributed by atoms with Gasteiger partial charge in [-0.05, 0) is 307 Å². The maximum Gasteiger partial charge on any atom is 0.339 e. The SMILES string of the molecule is CCCCCCc1cc(-c2cc(C)c(-c3cc(C)c(-c4cc(C)c(-c5ccc(C(=O)O)c(O)c5)cc4C)cc3C)cc2C)c(CCCCCC)cc1-c1cc(C)c(-c2cc(C)c(-c3cc(C)c(-c4ccc(C(C)=O)c(O)c4)cc3C)cc2C)cc1C. The maximum atomic E-state index is 12.1. The van der Waals surface area contributed by atoms with E-state index in [1.807, 2.05) is 6.07 Å². The Labute approximate surface area is 512 Å². The number of carbonyl (C=O) groups excluding carboxylic acids is 1. The third kappa shape index (κ3) is 12.8. The second-order valence-corrected chi connectivity index (χ2v) is 25.0. The van der Waals surface area contributed by atoms with Crippen LogP contribution in [0.15, 0.2) is 121 Å². The fourth-order valence-corrected chi connectivity index (χ4v) is 13.4. The lowest BCUT2D eigenvalue weighted by Gasteiger charge is -2.23. The number of carboxylic acid groups (broad SMARTS) is 1. The minimum absolute atomic E-state index is 0.0118. The highest BCUT2D eigenvalue weighted by Gasteiger charge is 2.23. The molecule has 0 aliphatic carbocycles. The van der Waals surface area contributed by atoms with Crippen LogP contribution in [0.5, 0.6) is 11.5 Å². The first kappa shape index (κ1) is 62.3. The van der Waals surface area contributed by atoms with Crippen molar-refractivity contribution in [2.75, 3.05) is 0 Å². The van der Waals surface area contributed by atoms with Crippen molar-refractivity contribution in [1.29, 1.82) is 0 Å². The summed E-state index contributed by atoms with van der Waals surface area (Å²) < 4.78 is 0. The van der Waals surface area contributed by atoms with Gasteiger partial charge in [0.2, 0.25) is 0 Å². The molecule has 0 heterocycles. The van der Waals surface area contributed by atoms with E-state index in [0.717, 1.165) is 75.8 Å². The molecule has 442 valence electrons. The van der Waals surface area contributed by atoms with Crippen LogP contribution < -0.4 is 0 Å². The Morgan fingerprint density at radius 2 is 0.547 bits per heavy atom. The average molecular weight is 1140 g/mol. The average Bonchev–Trinajstić information content (AvgIpc) is 2.11. The van der Waals surface area contributed by atoms with Crippen molar-refractivity contribution in [3.8, 4) is 101 Å². The first-order chi connectivity index (χ1) is 41.0. The molecule has 9 aromatic rings. The number of aromatic hydroxyl groups is 2. The molecule has 0 aliphatic rings. The molecule has 5 heteroatoms. The van der Waals surface area contributed by atoms with Crippen LogP contribution >= 0.6 is 0 Å². The summed E-state index contributed by atoms with van der Waals surface area (Å²) in [6, 6.07) is 43.4. The van der Waals surface area contributed by atoms with E-state index in [-0.39, 0.29) is 22.8 Å². The van der Waals surface area contributed by atoms with Gasteiger partial charge in [0.05, 0.1) is 5.56 Å². The molecule has 9 rings (SSSR count). The van der Waals surface area contributed by atoms with Gasteiger partial charge >= 0.3 is 5.97 Å². The fraction of sp³-hybridized carbons (Fsp3) is 0.309. The van der Waals surface area contributed by atoms with Crippen LogP contribution in [0.4, 0.5) is 0 Å². The number of hydrogen-bond donors (Lipinski definition) is 3. The van der Waals surface area contributed by atoms with Crippen molar-refractivity contribution in [3.63, 3.8) is 0 Å². The maximum absolute atomic E-state index is 12.1. The Morgan fingerprint density at radius 1 is 0.302 bits per heavy atom. The lowest BCUT2D eigenvalue weighted by atomic mass is 9.82. The molecular weight excluding hydrogens is 1050 g/mol. The highest BCUT2D eigenvalue weighted by Crippen LogP contribution is 2.45. The number of carboxylic acids is 1. The molecule has 5 nitrogen and oxygen atoms in total. The molecule has 0 radical (unpaired) electrons. The highest BCUT2D eigenvalue weighted by atomic mass is 16.4. The Balaban J connectivity index is 1.07. The molecule has 0 spiro atoms. The van der Waals surface area contributed by atoms with Crippen LogP contribution in [0.1, 0.15) is 171 Å². The van der Waals surface area contributed by atoms with Gasteiger partial charge in [0.1, 0.15) is 17.1 Å². The quantitative estimate of drug-likeness (QED) is 0.0522. The summed E-state index contributed by atoms with van der Waals surface area (Å²) in [5.41, 5.74) is 36.4. The van der Waals surface area contributed by atoms with Gasteiger partial charge in [0, 0.05) is 0 Å². The van der Waals surface area contributed by atoms with Gasteiger partial charge in [-0.3, -0.25) is 4.79 Å². The summed E-state index contributed by atoms with van der Waals surface area (Å²) in [7, 11) is 0. The zero-order valence-corrected chi connectivity index (χ0v) is 53.8. The van der Waals surface area contributed by atoms with E-state index in [4.69, 9.17) is 0 Å². The number of benzene rings is 9. The molecule has 0 fully saturated rings. The van der Waals surface area contributed by atoms with Crippen LogP contribution in [-0.2, 0) is 12.8 Å². The predicted molar refractivity (Wildman–Crippen MR) is 363 cm³/mol. The third-order valence-corrected chi connectivity index (χ3v) is 18.3. The highest BCUT2D eigenvalue weighted by molar-refractivity contribution is 5.98. The topological polar surface area (TPSA) is 94.8 Å². The second-order valence-electron chi connectivity index (χ2n) is 25.0. The molecule has 0 aliphatic heterocycles. The second kappa shape index (κ2) is 26.1. The zero-order chi connectivity index (χ0) is 62.0. The van der Waals surface area contributed by atoms with Crippen LogP contribution in [0, 0.1) is 83.1 Å². The summed E-state index contributed by atoms with van der Waals surface area (Å²) in [5, 5.41) is 30.7. The number of Topliss-reactive ketones (excluding diaryl/α,β-unsaturated/α-hetero) is 1. The van der Waals surface area contributed by atoms with E-state index in [1.165, 1.54) is 168 Å².